The maximum Gasteiger partial charge on any atom is 0.417 e. The van der Waals surface area contributed by atoms with E-state index in [9.17, 15) is 13.2 Å². The third kappa shape index (κ3) is 3.80. The molecule has 0 aromatic carbocycles. The van der Waals surface area contributed by atoms with Crippen molar-refractivity contribution in [3.8, 4) is 11.4 Å². The van der Waals surface area contributed by atoms with Gasteiger partial charge in [0.2, 0.25) is 5.95 Å². The maximum absolute atomic E-state index is 13.2. The molecule has 0 bridgehead atoms. The Hall–Kier alpha value is -3.23. The number of pyridine rings is 1. The molecule has 5 heterocycles. The van der Waals surface area contributed by atoms with Crippen molar-refractivity contribution in [3.05, 3.63) is 54.0 Å². The molecule has 1 fully saturated rings. The average molecular weight is 426 g/mol. The van der Waals surface area contributed by atoms with Crippen molar-refractivity contribution in [2.24, 2.45) is 16.8 Å². The van der Waals surface area contributed by atoms with Crippen LogP contribution in [0.1, 0.15) is 18.9 Å². The SMILES string of the molecule is C[C@H]1C[C@@H](C2=CCN=C2)CN(c2nccc(-c3cnc4ccc(C(F)(F)F)cn34)n2)C1. The zero-order valence-corrected chi connectivity index (χ0v) is 16.9. The Morgan fingerprint density at radius 2 is 1.97 bits per heavy atom. The normalized spacial score (nSPS) is 21.7. The van der Waals surface area contributed by atoms with E-state index in [-0.39, 0.29) is 0 Å². The van der Waals surface area contributed by atoms with Crippen LogP contribution >= 0.6 is 0 Å². The number of nitrogens with zero attached hydrogens (tertiary/aromatic N) is 6. The highest BCUT2D eigenvalue weighted by Gasteiger charge is 2.31. The summed E-state index contributed by atoms with van der Waals surface area (Å²) in [4.78, 5) is 19.8. The molecule has 6 nitrogen and oxygen atoms in total. The van der Waals surface area contributed by atoms with E-state index >= 15 is 0 Å². The smallest absolute Gasteiger partial charge is 0.340 e. The van der Waals surface area contributed by atoms with Crippen molar-refractivity contribution in [2.45, 2.75) is 19.5 Å². The summed E-state index contributed by atoms with van der Waals surface area (Å²) in [7, 11) is 0. The predicted octanol–water partition coefficient (Wildman–Crippen LogP) is 4.28. The number of anilines is 1. The Kier molecular flexibility index (Phi) is 4.75. The Balaban J connectivity index is 1.48. The summed E-state index contributed by atoms with van der Waals surface area (Å²) in [6.07, 6.45) is 5.03. The van der Waals surface area contributed by atoms with Gasteiger partial charge < -0.3 is 4.90 Å². The molecule has 9 heteroatoms. The van der Waals surface area contributed by atoms with Gasteiger partial charge in [0.05, 0.1) is 29.7 Å². The Morgan fingerprint density at radius 1 is 1.10 bits per heavy atom. The van der Waals surface area contributed by atoms with Crippen molar-refractivity contribution in [1.29, 1.82) is 0 Å². The van der Waals surface area contributed by atoms with Crippen LogP contribution in [0.2, 0.25) is 0 Å². The number of piperidine rings is 1. The molecule has 1 saturated heterocycles. The van der Waals surface area contributed by atoms with Gasteiger partial charge in [-0.3, -0.25) is 9.39 Å². The summed E-state index contributed by atoms with van der Waals surface area (Å²) in [6.45, 7) is 4.56. The molecule has 31 heavy (non-hydrogen) atoms. The molecular weight excluding hydrogens is 405 g/mol. The molecule has 2 aliphatic heterocycles. The Bertz CT molecular complexity index is 1180. The standard InChI is InChI=1S/C22H21F3N6/c1-14-8-16(15-4-6-26-9-15)12-30(11-14)21-27-7-5-18(29-21)19-10-28-20-3-2-17(13-31(19)20)22(23,24)25/h2-5,7,9-10,13-14,16H,6,8,11-12H2,1H3/t14-,16+/m0/s1. The van der Waals surface area contributed by atoms with E-state index in [1.165, 1.54) is 16.0 Å². The molecule has 0 spiro atoms. The van der Waals surface area contributed by atoms with Crippen LogP contribution in [0, 0.1) is 11.8 Å². The number of imidazole rings is 1. The maximum atomic E-state index is 13.2. The molecule has 3 aromatic heterocycles. The second-order valence-electron chi connectivity index (χ2n) is 8.17. The first-order valence-electron chi connectivity index (χ1n) is 10.2. The van der Waals surface area contributed by atoms with Crippen molar-refractivity contribution < 1.29 is 13.2 Å². The predicted molar refractivity (Wildman–Crippen MR) is 112 cm³/mol. The fourth-order valence-corrected chi connectivity index (χ4v) is 4.38. The van der Waals surface area contributed by atoms with Crippen molar-refractivity contribution in [2.75, 3.05) is 24.5 Å². The molecule has 0 saturated carbocycles. The largest absolute Gasteiger partial charge is 0.417 e. The first kappa shape index (κ1) is 19.7. The molecule has 5 rings (SSSR count). The lowest BCUT2D eigenvalue weighted by Crippen LogP contribution is -2.41. The summed E-state index contributed by atoms with van der Waals surface area (Å²) in [5.74, 6) is 1.41. The monoisotopic (exact) mass is 426 g/mol. The highest BCUT2D eigenvalue weighted by atomic mass is 19.4. The molecule has 0 radical (unpaired) electrons. The minimum atomic E-state index is -4.43. The van der Waals surface area contributed by atoms with E-state index in [4.69, 9.17) is 4.98 Å². The van der Waals surface area contributed by atoms with Crippen molar-refractivity contribution in [1.82, 2.24) is 19.4 Å². The van der Waals surface area contributed by atoms with Crippen molar-refractivity contribution >= 4 is 17.8 Å². The number of hydrogen-bond donors (Lipinski definition) is 0. The topological polar surface area (TPSA) is 58.7 Å². The molecule has 2 aliphatic rings. The number of rotatable bonds is 3. The first-order chi connectivity index (χ1) is 14.9. The number of aromatic nitrogens is 4. The van der Waals surface area contributed by atoms with Crippen LogP contribution in [0.4, 0.5) is 19.1 Å². The average Bonchev–Trinajstić information content (AvgIpc) is 3.42. The molecule has 3 aromatic rings. The van der Waals surface area contributed by atoms with Gasteiger partial charge in [-0.1, -0.05) is 13.0 Å². The van der Waals surface area contributed by atoms with E-state index in [1.807, 2.05) is 6.21 Å². The Labute approximate surface area is 177 Å². The van der Waals surface area contributed by atoms with E-state index in [0.29, 0.717) is 34.8 Å². The zero-order valence-electron chi connectivity index (χ0n) is 16.9. The fourth-order valence-electron chi connectivity index (χ4n) is 4.38. The van der Waals surface area contributed by atoms with Crippen molar-refractivity contribution in [3.63, 3.8) is 0 Å². The molecular formula is C22H21F3N6. The van der Waals surface area contributed by atoms with Crippen LogP contribution in [-0.2, 0) is 6.18 Å². The zero-order chi connectivity index (χ0) is 21.6. The summed E-state index contributed by atoms with van der Waals surface area (Å²) < 4.78 is 41.0. The minimum absolute atomic E-state index is 0.368. The molecule has 160 valence electrons. The Morgan fingerprint density at radius 3 is 2.74 bits per heavy atom. The lowest BCUT2D eigenvalue weighted by Gasteiger charge is -2.36. The fraction of sp³-hybridized carbons (Fsp3) is 0.364. The van der Waals surface area contributed by atoms with E-state index in [2.05, 4.69) is 32.9 Å². The second kappa shape index (κ2) is 7.47. The summed E-state index contributed by atoms with van der Waals surface area (Å²) in [5, 5.41) is 0. The number of aliphatic imine (C=N–C) groups is 1. The molecule has 0 N–H and O–H groups in total. The van der Waals surface area contributed by atoms with Crippen LogP contribution in [0.15, 0.2) is 53.4 Å². The van der Waals surface area contributed by atoms with Gasteiger partial charge in [-0.15, -0.1) is 0 Å². The lowest BCUT2D eigenvalue weighted by atomic mass is 9.86. The molecule has 0 aliphatic carbocycles. The van der Waals surface area contributed by atoms with Crippen LogP contribution in [0.5, 0.6) is 0 Å². The van der Waals surface area contributed by atoms with Crippen LogP contribution in [0.25, 0.3) is 17.0 Å². The van der Waals surface area contributed by atoms with Gasteiger partial charge in [0.25, 0.3) is 0 Å². The second-order valence-corrected chi connectivity index (χ2v) is 8.17. The number of fused-ring (bicyclic) bond motifs is 1. The lowest BCUT2D eigenvalue weighted by molar-refractivity contribution is -0.137. The van der Waals surface area contributed by atoms with Crippen LogP contribution < -0.4 is 4.90 Å². The summed E-state index contributed by atoms with van der Waals surface area (Å²) >= 11 is 0. The van der Waals surface area contributed by atoms with E-state index in [1.54, 1.807) is 18.5 Å². The highest BCUT2D eigenvalue weighted by molar-refractivity contribution is 5.81. The number of alkyl halides is 3. The van der Waals surface area contributed by atoms with Gasteiger partial charge in [0.15, 0.2) is 0 Å². The van der Waals surface area contributed by atoms with Gasteiger partial charge in [-0.05, 0) is 36.1 Å². The van der Waals surface area contributed by atoms with Gasteiger partial charge in [-0.2, -0.15) is 13.2 Å². The van der Waals surface area contributed by atoms with E-state index < -0.39 is 11.7 Å². The van der Waals surface area contributed by atoms with Gasteiger partial charge >= 0.3 is 6.18 Å². The first-order valence-corrected chi connectivity index (χ1v) is 10.2. The van der Waals surface area contributed by atoms with E-state index in [0.717, 1.165) is 38.3 Å². The third-order valence-electron chi connectivity index (χ3n) is 5.82. The number of halogens is 3. The molecule has 0 unspecified atom stereocenters. The number of hydrogen-bond acceptors (Lipinski definition) is 5. The van der Waals surface area contributed by atoms with Crippen LogP contribution in [0.3, 0.4) is 0 Å². The van der Waals surface area contributed by atoms with Gasteiger partial charge in [0, 0.05) is 37.6 Å². The summed E-state index contributed by atoms with van der Waals surface area (Å²) in [6, 6.07) is 4.10. The minimum Gasteiger partial charge on any atom is -0.340 e. The van der Waals surface area contributed by atoms with Gasteiger partial charge in [0.1, 0.15) is 5.65 Å². The third-order valence-corrected chi connectivity index (χ3v) is 5.82. The molecule has 2 atom stereocenters. The molecule has 0 amide bonds. The van der Waals surface area contributed by atoms with Gasteiger partial charge in [-0.25, -0.2) is 15.0 Å². The quantitative estimate of drug-likeness (QED) is 0.627. The highest BCUT2D eigenvalue weighted by Crippen LogP contribution is 2.32. The summed E-state index contributed by atoms with van der Waals surface area (Å²) in [5.41, 5.74) is 1.99. The van der Waals surface area contributed by atoms with Crippen LogP contribution in [-0.4, -0.2) is 45.2 Å².